The third kappa shape index (κ3) is 4.07. The first-order valence-electron chi connectivity index (χ1n) is 12.1. The molecule has 6 aromatic rings. The predicted octanol–water partition coefficient (Wildman–Crippen LogP) is 5.72. The molecule has 0 N–H and O–H groups in total. The number of para-hydroxylation sites is 1. The van der Waals surface area contributed by atoms with Gasteiger partial charge < -0.3 is 0 Å². The quantitative estimate of drug-likeness (QED) is 0.198. The highest BCUT2D eigenvalue weighted by Crippen LogP contribution is 2.38. The Labute approximate surface area is 225 Å². The van der Waals surface area contributed by atoms with Crippen molar-refractivity contribution < 1.29 is 9.85 Å². The molecular formula is C29H18N6O5. The van der Waals surface area contributed by atoms with E-state index in [9.17, 15) is 25.0 Å². The van der Waals surface area contributed by atoms with Crippen molar-refractivity contribution in [3.05, 3.63) is 140 Å². The predicted molar refractivity (Wildman–Crippen MR) is 149 cm³/mol. The molecule has 0 atom stereocenters. The summed E-state index contributed by atoms with van der Waals surface area (Å²) in [4.78, 5) is 36.0. The second kappa shape index (κ2) is 9.72. The van der Waals surface area contributed by atoms with Gasteiger partial charge in [0.1, 0.15) is 11.4 Å². The number of nitrogens with zero attached hydrogens (tertiary/aromatic N) is 6. The van der Waals surface area contributed by atoms with E-state index < -0.39 is 26.8 Å². The van der Waals surface area contributed by atoms with Crippen molar-refractivity contribution in [1.82, 2.24) is 19.6 Å². The summed E-state index contributed by atoms with van der Waals surface area (Å²) in [5, 5.41) is 33.2. The van der Waals surface area contributed by atoms with Gasteiger partial charge in [-0.05, 0) is 18.2 Å². The SMILES string of the molecule is O=c1c2nn(-c3ccc([N+](=O)[O-])cc3[N+](=O)[O-])c(-c3ccccc3)c2c(-c2ccccc2)nn1-c1ccccc1. The summed E-state index contributed by atoms with van der Waals surface area (Å²) in [5.41, 5.74) is 1.17. The van der Waals surface area contributed by atoms with Crippen molar-refractivity contribution in [3.8, 4) is 33.9 Å². The van der Waals surface area contributed by atoms with Gasteiger partial charge in [0.15, 0.2) is 5.52 Å². The van der Waals surface area contributed by atoms with E-state index in [2.05, 4.69) is 5.10 Å². The lowest BCUT2D eigenvalue weighted by Gasteiger charge is -2.11. The molecule has 6 rings (SSSR count). The third-order valence-electron chi connectivity index (χ3n) is 6.41. The highest BCUT2D eigenvalue weighted by Gasteiger charge is 2.28. The highest BCUT2D eigenvalue weighted by atomic mass is 16.6. The molecule has 2 aromatic heterocycles. The van der Waals surface area contributed by atoms with Gasteiger partial charge in [-0.3, -0.25) is 25.0 Å². The normalized spacial score (nSPS) is 11.0. The molecule has 11 nitrogen and oxygen atoms in total. The fourth-order valence-electron chi connectivity index (χ4n) is 4.62. The molecule has 0 unspecified atom stereocenters. The zero-order valence-corrected chi connectivity index (χ0v) is 20.6. The van der Waals surface area contributed by atoms with Crippen LogP contribution in [0.4, 0.5) is 11.4 Å². The molecule has 0 saturated carbocycles. The Morgan fingerprint density at radius 1 is 0.650 bits per heavy atom. The Morgan fingerprint density at radius 2 is 1.25 bits per heavy atom. The molecule has 0 spiro atoms. The number of nitro benzene ring substituents is 2. The summed E-state index contributed by atoms with van der Waals surface area (Å²) in [6, 6.07) is 30.4. The molecule has 0 bridgehead atoms. The van der Waals surface area contributed by atoms with Crippen LogP contribution < -0.4 is 5.56 Å². The van der Waals surface area contributed by atoms with Crippen LogP contribution >= 0.6 is 0 Å². The molecule has 0 radical (unpaired) electrons. The molecular weight excluding hydrogens is 512 g/mol. The molecule has 0 aliphatic rings. The fraction of sp³-hybridized carbons (Fsp3) is 0. The van der Waals surface area contributed by atoms with Gasteiger partial charge >= 0.3 is 5.69 Å². The van der Waals surface area contributed by atoms with Crippen LogP contribution in [0.3, 0.4) is 0 Å². The van der Waals surface area contributed by atoms with Crippen LogP contribution in [0.1, 0.15) is 0 Å². The van der Waals surface area contributed by atoms with E-state index >= 15 is 0 Å². The van der Waals surface area contributed by atoms with E-state index in [0.29, 0.717) is 33.6 Å². The van der Waals surface area contributed by atoms with E-state index in [1.807, 2.05) is 42.5 Å². The number of nitro groups is 2. The van der Waals surface area contributed by atoms with Crippen LogP contribution in [0.15, 0.2) is 114 Å². The summed E-state index contributed by atoms with van der Waals surface area (Å²) in [6.07, 6.45) is 0. The van der Waals surface area contributed by atoms with E-state index in [0.717, 1.165) is 6.07 Å². The van der Waals surface area contributed by atoms with Gasteiger partial charge in [0.05, 0.1) is 32.7 Å². The van der Waals surface area contributed by atoms with Gasteiger partial charge in [-0.15, -0.1) is 0 Å². The third-order valence-corrected chi connectivity index (χ3v) is 6.41. The lowest BCUT2D eigenvalue weighted by Crippen LogP contribution is -2.22. The minimum absolute atomic E-state index is 0.0317. The van der Waals surface area contributed by atoms with Crippen molar-refractivity contribution in [2.75, 3.05) is 0 Å². The maximum absolute atomic E-state index is 13.9. The Bertz CT molecular complexity index is 1970. The van der Waals surface area contributed by atoms with E-state index in [1.54, 1.807) is 48.5 Å². The second-order valence-electron chi connectivity index (χ2n) is 8.80. The first-order valence-corrected chi connectivity index (χ1v) is 12.1. The molecule has 0 fully saturated rings. The monoisotopic (exact) mass is 530 g/mol. The molecule has 11 heteroatoms. The van der Waals surface area contributed by atoms with Gasteiger partial charge in [-0.25, -0.2) is 4.68 Å². The Balaban J connectivity index is 1.80. The van der Waals surface area contributed by atoms with Crippen molar-refractivity contribution >= 4 is 22.3 Å². The molecule has 4 aromatic carbocycles. The molecule has 194 valence electrons. The van der Waals surface area contributed by atoms with Crippen LogP contribution in [0, 0.1) is 20.2 Å². The maximum atomic E-state index is 13.9. The Kier molecular flexibility index (Phi) is 5.93. The van der Waals surface area contributed by atoms with Crippen molar-refractivity contribution in [1.29, 1.82) is 0 Å². The van der Waals surface area contributed by atoms with E-state index in [4.69, 9.17) is 5.10 Å². The van der Waals surface area contributed by atoms with Crippen molar-refractivity contribution in [2.24, 2.45) is 0 Å². The molecule has 2 heterocycles. The van der Waals surface area contributed by atoms with Crippen LogP contribution in [0.25, 0.3) is 44.8 Å². The highest BCUT2D eigenvalue weighted by molar-refractivity contribution is 6.03. The second-order valence-corrected chi connectivity index (χ2v) is 8.80. The van der Waals surface area contributed by atoms with Crippen molar-refractivity contribution in [2.45, 2.75) is 0 Å². The van der Waals surface area contributed by atoms with Crippen LogP contribution in [0.2, 0.25) is 0 Å². The topological polar surface area (TPSA) is 139 Å². The smallest absolute Gasteiger partial charge is 0.265 e. The minimum Gasteiger partial charge on any atom is -0.265 e. The van der Waals surface area contributed by atoms with Crippen molar-refractivity contribution in [3.63, 3.8) is 0 Å². The molecule has 0 amide bonds. The van der Waals surface area contributed by atoms with Gasteiger partial charge in [0.2, 0.25) is 0 Å². The van der Waals surface area contributed by atoms with Gasteiger partial charge in [0, 0.05) is 17.2 Å². The average Bonchev–Trinajstić information content (AvgIpc) is 3.39. The maximum Gasteiger partial charge on any atom is 0.301 e. The fourth-order valence-corrected chi connectivity index (χ4v) is 4.62. The number of rotatable bonds is 6. The summed E-state index contributed by atoms with van der Waals surface area (Å²) >= 11 is 0. The summed E-state index contributed by atoms with van der Waals surface area (Å²) < 4.78 is 2.55. The van der Waals surface area contributed by atoms with Crippen LogP contribution in [0.5, 0.6) is 0 Å². The lowest BCUT2D eigenvalue weighted by atomic mass is 10.0. The average molecular weight is 531 g/mol. The van der Waals surface area contributed by atoms with Gasteiger partial charge in [0.25, 0.3) is 11.2 Å². The number of benzene rings is 4. The van der Waals surface area contributed by atoms with E-state index in [-0.39, 0.29) is 11.2 Å². The summed E-state index contributed by atoms with van der Waals surface area (Å²) in [5.74, 6) is 0. The first kappa shape index (κ1) is 24.4. The number of fused-ring (bicyclic) bond motifs is 1. The van der Waals surface area contributed by atoms with Crippen LogP contribution in [-0.2, 0) is 0 Å². The summed E-state index contributed by atoms with van der Waals surface area (Å²) in [7, 11) is 0. The Hall–Kier alpha value is -5.97. The molecule has 40 heavy (non-hydrogen) atoms. The molecule has 0 aliphatic heterocycles. The van der Waals surface area contributed by atoms with Gasteiger partial charge in [-0.2, -0.15) is 14.9 Å². The largest absolute Gasteiger partial charge is 0.301 e. The number of hydrogen-bond donors (Lipinski definition) is 0. The standard InChI is InChI=1S/C29H18N6O5/c36-29-27-25(26(19-10-4-1-5-11-19)30-32(29)21-14-8-3-9-15-21)28(20-12-6-2-7-13-20)33(31-27)23-17-16-22(34(37)38)18-24(23)35(39)40/h1-18H. The number of hydrogen-bond acceptors (Lipinski definition) is 7. The number of non-ortho nitro benzene ring substituents is 1. The first-order chi connectivity index (χ1) is 19.4. The number of aromatic nitrogens is 4. The Morgan fingerprint density at radius 3 is 1.85 bits per heavy atom. The molecule has 0 aliphatic carbocycles. The minimum atomic E-state index is -0.706. The van der Waals surface area contributed by atoms with E-state index in [1.165, 1.54) is 21.5 Å². The van der Waals surface area contributed by atoms with Crippen LogP contribution in [-0.4, -0.2) is 29.4 Å². The lowest BCUT2D eigenvalue weighted by molar-refractivity contribution is -0.394. The zero-order chi connectivity index (χ0) is 27.8. The zero-order valence-electron chi connectivity index (χ0n) is 20.6. The molecule has 0 saturated heterocycles. The summed E-state index contributed by atoms with van der Waals surface area (Å²) in [6.45, 7) is 0. The van der Waals surface area contributed by atoms with Gasteiger partial charge in [-0.1, -0.05) is 78.9 Å².